The van der Waals surface area contributed by atoms with Gasteiger partial charge in [0.05, 0.1) is 12.2 Å². The molecule has 8 nitrogen and oxygen atoms in total. The fraction of sp³-hybridized carbons (Fsp3) is 0.400. The van der Waals surface area contributed by atoms with Crippen LogP contribution in [-0.4, -0.2) is 50.8 Å². The molecule has 1 amide bonds. The van der Waals surface area contributed by atoms with Gasteiger partial charge in [-0.3, -0.25) is 9.89 Å². The van der Waals surface area contributed by atoms with E-state index < -0.39 is 0 Å². The number of rotatable bonds is 5. The molecule has 2 aromatic heterocycles. The number of anilines is 1. The summed E-state index contributed by atoms with van der Waals surface area (Å²) in [7, 11) is 0. The summed E-state index contributed by atoms with van der Waals surface area (Å²) in [6.45, 7) is 1.84. The number of carbonyl (C=O) groups excluding carboxylic acids is 1. The van der Waals surface area contributed by atoms with Gasteiger partial charge in [0.1, 0.15) is 0 Å². The maximum Gasteiger partial charge on any atom is 0.316 e. The van der Waals surface area contributed by atoms with Crippen LogP contribution in [0.15, 0.2) is 34.9 Å². The summed E-state index contributed by atoms with van der Waals surface area (Å²) < 4.78 is 5.69. The molecule has 0 radical (unpaired) electrons. The second-order valence-corrected chi connectivity index (χ2v) is 8.22. The number of benzene rings is 1. The highest BCUT2D eigenvalue weighted by Crippen LogP contribution is 2.53. The molecule has 29 heavy (non-hydrogen) atoms. The molecule has 1 aliphatic carbocycles. The SMILES string of the molecule is O=C(CNc1nnc(-c2ccc(Cl)c(-c3ccn[nH]3)c2)o1)N1CCC2(CC1)CC2. The second-order valence-electron chi connectivity index (χ2n) is 7.81. The van der Waals surface area contributed by atoms with Crippen LogP contribution in [0, 0.1) is 5.41 Å². The largest absolute Gasteiger partial charge is 0.403 e. The number of hydrogen-bond donors (Lipinski definition) is 2. The zero-order valence-electron chi connectivity index (χ0n) is 15.8. The van der Waals surface area contributed by atoms with Gasteiger partial charge in [-0.2, -0.15) is 5.10 Å². The zero-order valence-corrected chi connectivity index (χ0v) is 16.6. The Kier molecular flexibility index (Phi) is 4.50. The molecule has 5 rings (SSSR count). The van der Waals surface area contributed by atoms with E-state index >= 15 is 0 Å². The van der Waals surface area contributed by atoms with E-state index in [1.54, 1.807) is 12.3 Å². The Morgan fingerprint density at radius 1 is 1.21 bits per heavy atom. The van der Waals surface area contributed by atoms with Crippen molar-refractivity contribution in [3.8, 4) is 22.7 Å². The lowest BCUT2D eigenvalue weighted by Crippen LogP contribution is -2.41. The summed E-state index contributed by atoms with van der Waals surface area (Å²) in [5.74, 6) is 0.416. The minimum atomic E-state index is 0.0632. The molecule has 150 valence electrons. The van der Waals surface area contributed by atoms with E-state index in [4.69, 9.17) is 16.0 Å². The van der Waals surface area contributed by atoms with Crippen molar-refractivity contribution in [2.45, 2.75) is 25.7 Å². The number of aromatic amines is 1. The first-order valence-corrected chi connectivity index (χ1v) is 10.1. The second kappa shape index (κ2) is 7.18. The number of nitrogens with one attached hydrogen (secondary N) is 2. The molecular formula is C20H21ClN6O2. The number of H-pyrrole nitrogens is 1. The first-order chi connectivity index (χ1) is 14.1. The lowest BCUT2D eigenvalue weighted by Gasteiger charge is -2.32. The average molecular weight is 413 g/mol. The molecule has 3 aromatic rings. The number of amides is 1. The zero-order chi connectivity index (χ0) is 19.8. The van der Waals surface area contributed by atoms with Crippen LogP contribution in [-0.2, 0) is 4.79 Å². The fourth-order valence-electron chi connectivity index (χ4n) is 3.85. The van der Waals surface area contributed by atoms with E-state index in [0.717, 1.165) is 42.8 Å². The van der Waals surface area contributed by atoms with Crippen LogP contribution in [0.5, 0.6) is 0 Å². The predicted molar refractivity (Wildman–Crippen MR) is 108 cm³/mol. The smallest absolute Gasteiger partial charge is 0.316 e. The summed E-state index contributed by atoms with van der Waals surface area (Å²) >= 11 is 6.29. The van der Waals surface area contributed by atoms with Crippen molar-refractivity contribution in [2.24, 2.45) is 5.41 Å². The summed E-state index contributed by atoms with van der Waals surface area (Å²) in [6, 6.07) is 7.51. The van der Waals surface area contributed by atoms with Gasteiger partial charge in [-0.15, -0.1) is 5.10 Å². The van der Waals surface area contributed by atoms with E-state index in [2.05, 4.69) is 25.7 Å². The molecule has 0 bridgehead atoms. The molecule has 9 heteroatoms. The highest BCUT2D eigenvalue weighted by Gasteiger charge is 2.44. The van der Waals surface area contributed by atoms with E-state index in [0.29, 0.717) is 16.3 Å². The number of nitrogens with zero attached hydrogens (tertiary/aromatic N) is 4. The summed E-state index contributed by atoms with van der Waals surface area (Å²) in [5, 5.41) is 18.5. The standard InChI is InChI=1S/C20H21ClN6O2/c21-15-2-1-13(11-14(15)16-3-8-23-24-16)18-25-26-19(29-18)22-12-17(28)27-9-6-20(4-5-20)7-10-27/h1-3,8,11H,4-7,9-10,12H2,(H,22,26)(H,23,24). The van der Waals surface area contributed by atoms with Gasteiger partial charge in [-0.1, -0.05) is 16.7 Å². The van der Waals surface area contributed by atoms with Crippen molar-refractivity contribution >= 4 is 23.5 Å². The van der Waals surface area contributed by atoms with E-state index in [9.17, 15) is 4.79 Å². The van der Waals surface area contributed by atoms with Crippen LogP contribution in [0.3, 0.4) is 0 Å². The van der Waals surface area contributed by atoms with Gasteiger partial charge in [0.25, 0.3) is 0 Å². The molecule has 1 aliphatic heterocycles. The molecule has 1 saturated heterocycles. The third kappa shape index (κ3) is 3.72. The number of halogens is 1. The molecule has 1 saturated carbocycles. The Balaban J connectivity index is 1.23. The monoisotopic (exact) mass is 412 g/mol. The molecule has 2 N–H and O–H groups in total. The average Bonchev–Trinajstić information content (AvgIpc) is 3.16. The predicted octanol–water partition coefficient (Wildman–Crippen LogP) is 3.59. The minimum Gasteiger partial charge on any atom is -0.403 e. The maximum absolute atomic E-state index is 12.4. The Hall–Kier alpha value is -2.87. The minimum absolute atomic E-state index is 0.0632. The van der Waals surface area contributed by atoms with Gasteiger partial charge in [0, 0.05) is 35.4 Å². The molecule has 3 heterocycles. The third-order valence-electron chi connectivity index (χ3n) is 5.95. The Morgan fingerprint density at radius 2 is 2.03 bits per heavy atom. The van der Waals surface area contributed by atoms with Crippen molar-refractivity contribution in [1.29, 1.82) is 0 Å². The van der Waals surface area contributed by atoms with Crippen LogP contribution in [0.4, 0.5) is 6.01 Å². The van der Waals surface area contributed by atoms with Crippen LogP contribution in [0.25, 0.3) is 22.7 Å². The molecule has 0 atom stereocenters. The maximum atomic E-state index is 12.4. The number of piperidine rings is 1. The summed E-state index contributed by atoms with van der Waals surface area (Å²) in [5.41, 5.74) is 2.88. The van der Waals surface area contributed by atoms with Gasteiger partial charge in [-0.25, -0.2) is 0 Å². The molecule has 1 spiro atoms. The number of hydrogen-bond acceptors (Lipinski definition) is 6. The normalized spacial score (nSPS) is 17.5. The van der Waals surface area contributed by atoms with Gasteiger partial charge in [0.2, 0.25) is 11.8 Å². The molecule has 2 fully saturated rings. The van der Waals surface area contributed by atoms with Gasteiger partial charge >= 0.3 is 6.01 Å². The molecule has 0 unspecified atom stereocenters. The van der Waals surface area contributed by atoms with Crippen LogP contribution < -0.4 is 5.32 Å². The first kappa shape index (κ1) is 18.2. The van der Waals surface area contributed by atoms with Crippen molar-refractivity contribution in [3.63, 3.8) is 0 Å². The van der Waals surface area contributed by atoms with Gasteiger partial charge < -0.3 is 14.6 Å². The van der Waals surface area contributed by atoms with E-state index in [1.165, 1.54) is 12.8 Å². The van der Waals surface area contributed by atoms with Crippen molar-refractivity contribution in [3.05, 3.63) is 35.5 Å². The number of carbonyl (C=O) groups is 1. The lowest BCUT2D eigenvalue weighted by molar-refractivity contribution is -0.130. The quantitative estimate of drug-likeness (QED) is 0.664. The fourth-order valence-corrected chi connectivity index (χ4v) is 4.07. The molecule has 1 aromatic carbocycles. The number of likely N-dealkylation sites (tertiary alicyclic amines) is 1. The van der Waals surface area contributed by atoms with Crippen molar-refractivity contribution in [1.82, 2.24) is 25.3 Å². The molecular weight excluding hydrogens is 392 g/mol. The van der Waals surface area contributed by atoms with E-state index in [1.807, 2.05) is 23.1 Å². The van der Waals surface area contributed by atoms with Crippen LogP contribution >= 0.6 is 11.6 Å². The Labute approximate surface area is 172 Å². The topological polar surface area (TPSA) is 99.9 Å². The highest BCUT2D eigenvalue weighted by atomic mass is 35.5. The number of aromatic nitrogens is 4. The van der Waals surface area contributed by atoms with E-state index in [-0.39, 0.29) is 18.5 Å². The highest BCUT2D eigenvalue weighted by molar-refractivity contribution is 6.33. The first-order valence-electron chi connectivity index (χ1n) is 9.77. The van der Waals surface area contributed by atoms with Crippen molar-refractivity contribution in [2.75, 3.05) is 25.0 Å². The summed E-state index contributed by atoms with van der Waals surface area (Å²) in [4.78, 5) is 14.4. The summed E-state index contributed by atoms with van der Waals surface area (Å²) in [6.07, 6.45) is 6.56. The third-order valence-corrected chi connectivity index (χ3v) is 6.28. The Bertz CT molecular complexity index is 1020. The Morgan fingerprint density at radius 3 is 2.76 bits per heavy atom. The van der Waals surface area contributed by atoms with Gasteiger partial charge in [-0.05, 0) is 55.4 Å². The van der Waals surface area contributed by atoms with Gasteiger partial charge in [0.15, 0.2) is 0 Å². The van der Waals surface area contributed by atoms with Crippen molar-refractivity contribution < 1.29 is 9.21 Å². The lowest BCUT2D eigenvalue weighted by atomic mass is 9.94. The van der Waals surface area contributed by atoms with Crippen LogP contribution in [0.2, 0.25) is 5.02 Å². The van der Waals surface area contributed by atoms with Crippen LogP contribution in [0.1, 0.15) is 25.7 Å². The molecule has 2 aliphatic rings.